The maximum absolute atomic E-state index is 13.1. The first-order valence-corrected chi connectivity index (χ1v) is 13.4. The summed E-state index contributed by atoms with van der Waals surface area (Å²) in [6.45, 7) is 11.6. The highest BCUT2D eigenvalue weighted by molar-refractivity contribution is 6.33. The molecule has 1 aromatic rings. The first-order chi connectivity index (χ1) is 16.4. The quantitative estimate of drug-likeness (QED) is 0.406. The van der Waals surface area contributed by atoms with Gasteiger partial charge in [-0.05, 0) is 90.5 Å². The highest BCUT2D eigenvalue weighted by Gasteiger charge is 2.26. The van der Waals surface area contributed by atoms with Crippen LogP contribution in [-0.4, -0.2) is 80.7 Å². The van der Waals surface area contributed by atoms with Crippen LogP contribution in [0, 0.1) is 5.92 Å². The predicted octanol–water partition coefficient (Wildman–Crippen LogP) is 3.81. The Morgan fingerprint density at radius 1 is 1.12 bits per heavy atom. The van der Waals surface area contributed by atoms with Crippen LogP contribution in [0.1, 0.15) is 62.7 Å². The number of carbonyl (C=O) groups excluding carboxylic acids is 1. The largest absolute Gasteiger partial charge is 0.490 e. The maximum atomic E-state index is 13.1. The van der Waals surface area contributed by atoms with Crippen LogP contribution in [0.5, 0.6) is 5.75 Å². The predicted molar refractivity (Wildman–Crippen MR) is 141 cm³/mol. The van der Waals surface area contributed by atoms with Crippen LogP contribution in [0.25, 0.3) is 0 Å². The van der Waals surface area contributed by atoms with Crippen LogP contribution >= 0.6 is 11.6 Å². The molecule has 8 heteroatoms. The van der Waals surface area contributed by atoms with Crippen molar-refractivity contribution in [2.75, 3.05) is 58.2 Å². The van der Waals surface area contributed by atoms with Crippen molar-refractivity contribution >= 4 is 23.2 Å². The lowest BCUT2D eigenvalue weighted by atomic mass is 9.94. The number of amides is 1. The van der Waals surface area contributed by atoms with Gasteiger partial charge in [0.2, 0.25) is 0 Å². The number of anilines is 1. The molecule has 0 aliphatic carbocycles. The highest BCUT2D eigenvalue weighted by Crippen LogP contribution is 2.32. The standard InChI is InChI=1S/C26H44ClN5O2/c1-19(2)34-25-17-24(29-3)23(27)16-22(25)26(33)30-21-8-14-32(15-9-21)18-20-6-12-31(13-7-20)11-5-4-10-28/h16-17,19-21,29H,4-15,18,28H2,1-3H3,(H,30,33). The number of nitrogens with two attached hydrogens (primary N) is 1. The van der Waals surface area contributed by atoms with Crippen molar-refractivity contribution in [2.24, 2.45) is 11.7 Å². The van der Waals surface area contributed by atoms with Gasteiger partial charge in [0.15, 0.2) is 0 Å². The molecule has 3 rings (SSSR count). The minimum atomic E-state index is -0.110. The van der Waals surface area contributed by atoms with Crippen molar-refractivity contribution in [1.82, 2.24) is 15.1 Å². The first kappa shape index (κ1) is 27.1. The number of hydrogen-bond donors (Lipinski definition) is 3. The zero-order chi connectivity index (χ0) is 24.5. The van der Waals surface area contributed by atoms with Crippen LogP contribution < -0.4 is 21.1 Å². The van der Waals surface area contributed by atoms with Gasteiger partial charge >= 0.3 is 0 Å². The fourth-order valence-electron chi connectivity index (χ4n) is 5.03. The van der Waals surface area contributed by atoms with E-state index in [1.54, 1.807) is 13.1 Å². The molecule has 7 nitrogen and oxygen atoms in total. The highest BCUT2D eigenvalue weighted by atomic mass is 35.5. The Kier molecular flexibility index (Phi) is 10.8. The Bertz CT molecular complexity index is 775. The molecule has 2 aliphatic heterocycles. The van der Waals surface area contributed by atoms with E-state index in [-0.39, 0.29) is 18.1 Å². The molecule has 0 atom stereocenters. The fourth-order valence-corrected chi connectivity index (χ4v) is 5.29. The SMILES string of the molecule is CNc1cc(OC(C)C)c(C(=O)NC2CCN(CC3CCN(CCCCN)CC3)CC2)cc1Cl. The maximum Gasteiger partial charge on any atom is 0.255 e. The van der Waals surface area contributed by atoms with E-state index in [2.05, 4.69) is 20.4 Å². The molecule has 2 heterocycles. The van der Waals surface area contributed by atoms with Crippen LogP contribution in [0.3, 0.4) is 0 Å². The van der Waals surface area contributed by atoms with Crippen molar-refractivity contribution in [3.05, 3.63) is 22.7 Å². The van der Waals surface area contributed by atoms with Crippen LogP contribution in [-0.2, 0) is 0 Å². The number of benzene rings is 1. The topological polar surface area (TPSA) is 82.9 Å². The van der Waals surface area contributed by atoms with Gasteiger partial charge in [-0.3, -0.25) is 4.79 Å². The number of nitrogens with one attached hydrogen (secondary N) is 2. The third-order valence-electron chi connectivity index (χ3n) is 7.02. The summed E-state index contributed by atoms with van der Waals surface area (Å²) in [5.41, 5.74) is 6.87. The lowest BCUT2D eigenvalue weighted by Crippen LogP contribution is -2.47. The molecule has 2 fully saturated rings. The van der Waals surface area contributed by atoms with Gasteiger partial charge in [-0.15, -0.1) is 0 Å². The molecule has 0 aromatic heterocycles. The van der Waals surface area contributed by atoms with Crippen molar-refractivity contribution in [2.45, 2.75) is 64.5 Å². The summed E-state index contributed by atoms with van der Waals surface area (Å²) in [6.07, 6.45) is 6.86. The molecule has 192 valence electrons. The van der Waals surface area contributed by atoms with E-state index in [4.69, 9.17) is 22.1 Å². The van der Waals surface area contributed by atoms with Gasteiger partial charge in [-0.1, -0.05) is 11.6 Å². The van der Waals surface area contributed by atoms with Crippen molar-refractivity contribution in [3.63, 3.8) is 0 Å². The molecule has 2 saturated heterocycles. The molecule has 0 radical (unpaired) electrons. The third kappa shape index (κ3) is 8.01. The second kappa shape index (κ2) is 13.5. The molecule has 1 aromatic carbocycles. The summed E-state index contributed by atoms with van der Waals surface area (Å²) in [4.78, 5) is 18.3. The second-order valence-electron chi connectivity index (χ2n) is 10.1. The Labute approximate surface area is 210 Å². The van der Waals surface area contributed by atoms with E-state index in [0.29, 0.717) is 16.3 Å². The fraction of sp³-hybridized carbons (Fsp3) is 0.731. The monoisotopic (exact) mass is 493 g/mol. The first-order valence-electron chi connectivity index (χ1n) is 13.0. The summed E-state index contributed by atoms with van der Waals surface area (Å²) in [5.74, 6) is 1.24. The summed E-state index contributed by atoms with van der Waals surface area (Å²) < 4.78 is 5.91. The van der Waals surface area contributed by atoms with E-state index in [1.807, 2.05) is 19.9 Å². The van der Waals surface area contributed by atoms with Gasteiger partial charge in [0.25, 0.3) is 5.91 Å². The molecular formula is C26H44ClN5O2. The Morgan fingerprint density at radius 2 is 1.79 bits per heavy atom. The zero-order valence-electron chi connectivity index (χ0n) is 21.2. The number of piperidine rings is 2. The summed E-state index contributed by atoms with van der Waals surface area (Å²) in [6, 6.07) is 3.70. The van der Waals surface area contributed by atoms with E-state index in [0.717, 1.165) is 50.5 Å². The molecule has 1 amide bonds. The van der Waals surface area contributed by atoms with Gasteiger partial charge in [0.1, 0.15) is 5.75 Å². The van der Waals surface area contributed by atoms with Gasteiger partial charge in [0, 0.05) is 38.8 Å². The number of halogens is 1. The third-order valence-corrected chi connectivity index (χ3v) is 7.33. The number of carbonyl (C=O) groups is 1. The molecule has 0 bridgehead atoms. The molecule has 0 unspecified atom stereocenters. The number of ether oxygens (including phenoxy) is 1. The second-order valence-corrected chi connectivity index (χ2v) is 10.5. The van der Waals surface area contributed by atoms with Gasteiger partial charge in [0.05, 0.1) is 22.4 Å². The Balaban J connectivity index is 1.45. The van der Waals surface area contributed by atoms with Gasteiger partial charge in [-0.25, -0.2) is 0 Å². The molecule has 0 saturated carbocycles. The smallest absolute Gasteiger partial charge is 0.255 e. The number of unbranched alkanes of at least 4 members (excludes halogenated alkanes) is 1. The minimum Gasteiger partial charge on any atom is -0.490 e. The summed E-state index contributed by atoms with van der Waals surface area (Å²) in [7, 11) is 1.81. The van der Waals surface area contributed by atoms with E-state index >= 15 is 0 Å². The average Bonchev–Trinajstić information content (AvgIpc) is 2.82. The molecule has 2 aliphatic rings. The molecule has 4 N–H and O–H groups in total. The van der Waals surface area contributed by atoms with Crippen LogP contribution in [0.15, 0.2) is 12.1 Å². The number of hydrogen-bond acceptors (Lipinski definition) is 6. The summed E-state index contributed by atoms with van der Waals surface area (Å²) in [5, 5.41) is 6.80. The van der Waals surface area contributed by atoms with Crippen molar-refractivity contribution in [1.29, 1.82) is 0 Å². The lowest BCUT2D eigenvalue weighted by molar-refractivity contribution is 0.0885. The van der Waals surface area contributed by atoms with Crippen molar-refractivity contribution in [3.8, 4) is 5.75 Å². The Hall–Kier alpha value is -1.54. The van der Waals surface area contributed by atoms with E-state index in [1.165, 1.54) is 45.4 Å². The van der Waals surface area contributed by atoms with Crippen LogP contribution in [0.4, 0.5) is 5.69 Å². The molecular weight excluding hydrogens is 450 g/mol. The minimum absolute atomic E-state index is 0.0292. The van der Waals surface area contributed by atoms with Crippen LogP contribution in [0.2, 0.25) is 5.02 Å². The number of rotatable bonds is 11. The zero-order valence-corrected chi connectivity index (χ0v) is 22.0. The normalized spacial score (nSPS) is 18.9. The molecule has 0 spiro atoms. The van der Waals surface area contributed by atoms with Gasteiger partial charge < -0.3 is 30.9 Å². The van der Waals surface area contributed by atoms with Crippen molar-refractivity contribution < 1.29 is 9.53 Å². The van der Waals surface area contributed by atoms with Gasteiger partial charge in [-0.2, -0.15) is 0 Å². The lowest BCUT2D eigenvalue weighted by Gasteiger charge is -2.38. The van der Waals surface area contributed by atoms with E-state index < -0.39 is 0 Å². The number of likely N-dealkylation sites (tertiary alicyclic amines) is 2. The average molecular weight is 494 g/mol. The van der Waals surface area contributed by atoms with E-state index in [9.17, 15) is 4.79 Å². The Morgan fingerprint density at radius 3 is 2.41 bits per heavy atom. The summed E-state index contributed by atoms with van der Waals surface area (Å²) >= 11 is 6.36. The molecule has 34 heavy (non-hydrogen) atoms. The number of nitrogens with zero attached hydrogens (tertiary/aromatic N) is 2.